The zero-order valence-corrected chi connectivity index (χ0v) is 11.8. The predicted molar refractivity (Wildman–Crippen MR) is 81.0 cm³/mol. The van der Waals surface area contributed by atoms with E-state index in [0.717, 1.165) is 24.3 Å². The van der Waals surface area contributed by atoms with Crippen LogP contribution in [0.4, 0.5) is 0 Å². The van der Waals surface area contributed by atoms with Gasteiger partial charge in [0, 0.05) is 6.54 Å². The number of ether oxygens (including phenoxy) is 1. The van der Waals surface area contributed by atoms with Crippen molar-refractivity contribution in [1.29, 1.82) is 0 Å². The van der Waals surface area contributed by atoms with E-state index in [1.165, 1.54) is 5.56 Å². The van der Waals surface area contributed by atoms with Crippen LogP contribution in [-0.2, 0) is 6.42 Å². The van der Waals surface area contributed by atoms with E-state index in [1.54, 1.807) is 7.11 Å². The molecule has 0 aliphatic heterocycles. The summed E-state index contributed by atoms with van der Waals surface area (Å²) in [6.07, 6.45) is 0.451. The number of hydrogen-bond acceptors (Lipinski definition) is 3. The van der Waals surface area contributed by atoms with Crippen LogP contribution >= 0.6 is 0 Å². The van der Waals surface area contributed by atoms with E-state index in [1.807, 2.05) is 42.5 Å². The molecule has 0 radical (unpaired) electrons. The van der Waals surface area contributed by atoms with Crippen LogP contribution in [0.1, 0.15) is 17.2 Å². The third-order valence-electron chi connectivity index (χ3n) is 3.25. The monoisotopic (exact) mass is 271 g/mol. The van der Waals surface area contributed by atoms with Crippen LogP contribution in [0.5, 0.6) is 5.75 Å². The largest absolute Gasteiger partial charge is 0.497 e. The van der Waals surface area contributed by atoms with Crippen LogP contribution in [0.3, 0.4) is 0 Å². The molecule has 0 saturated heterocycles. The summed E-state index contributed by atoms with van der Waals surface area (Å²) < 4.78 is 5.16. The smallest absolute Gasteiger partial charge is 0.119 e. The number of aliphatic hydroxyl groups is 1. The molecule has 0 spiro atoms. The molecule has 3 heteroatoms. The molecule has 0 amide bonds. The molecule has 0 aliphatic carbocycles. The second-order valence-electron chi connectivity index (χ2n) is 4.73. The van der Waals surface area contributed by atoms with Gasteiger partial charge in [0.15, 0.2) is 0 Å². The van der Waals surface area contributed by atoms with Gasteiger partial charge in [-0.1, -0.05) is 42.5 Å². The van der Waals surface area contributed by atoms with E-state index in [4.69, 9.17) is 4.74 Å². The van der Waals surface area contributed by atoms with E-state index in [-0.39, 0.29) is 0 Å². The van der Waals surface area contributed by atoms with Crippen molar-refractivity contribution < 1.29 is 9.84 Å². The minimum atomic E-state index is -0.513. The van der Waals surface area contributed by atoms with Crippen molar-refractivity contribution in [3.8, 4) is 5.75 Å². The molecular formula is C17H21NO2. The number of aliphatic hydroxyl groups excluding tert-OH is 1. The van der Waals surface area contributed by atoms with Crippen LogP contribution in [0.15, 0.2) is 54.6 Å². The maximum atomic E-state index is 10.1. The lowest BCUT2D eigenvalue weighted by Gasteiger charge is -2.13. The van der Waals surface area contributed by atoms with E-state index in [0.29, 0.717) is 6.54 Å². The highest BCUT2D eigenvalue weighted by atomic mass is 16.5. The van der Waals surface area contributed by atoms with Gasteiger partial charge in [0.25, 0.3) is 0 Å². The van der Waals surface area contributed by atoms with Gasteiger partial charge >= 0.3 is 0 Å². The third-order valence-corrected chi connectivity index (χ3v) is 3.25. The Balaban J connectivity index is 1.76. The Kier molecular flexibility index (Phi) is 5.59. The van der Waals surface area contributed by atoms with Gasteiger partial charge in [-0.25, -0.2) is 0 Å². The average molecular weight is 271 g/mol. The fourth-order valence-electron chi connectivity index (χ4n) is 2.08. The Morgan fingerprint density at radius 1 is 1.10 bits per heavy atom. The molecule has 0 aliphatic rings. The van der Waals surface area contributed by atoms with Crippen molar-refractivity contribution in [2.24, 2.45) is 0 Å². The Hall–Kier alpha value is -1.84. The molecular weight excluding hydrogens is 250 g/mol. The molecule has 2 aromatic rings. The van der Waals surface area contributed by atoms with E-state index in [9.17, 15) is 5.11 Å². The average Bonchev–Trinajstić information content (AvgIpc) is 2.52. The fraction of sp³-hybridized carbons (Fsp3) is 0.294. The molecule has 20 heavy (non-hydrogen) atoms. The standard InChI is InChI=1S/C17H21NO2/c1-20-16-9-5-8-15(12-16)17(19)13-18-11-10-14-6-3-2-4-7-14/h2-9,12,17-19H,10-11,13H2,1H3. The highest BCUT2D eigenvalue weighted by Crippen LogP contribution is 2.18. The highest BCUT2D eigenvalue weighted by Gasteiger charge is 2.07. The molecule has 1 atom stereocenters. The zero-order valence-electron chi connectivity index (χ0n) is 11.8. The lowest BCUT2D eigenvalue weighted by Crippen LogP contribution is -2.23. The van der Waals surface area contributed by atoms with Gasteiger partial charge in [-0.3, -0.25) is 0 Å². The molecule has 0 saturated carbocycles. The topological polar surface area (TPSA) is 41.5 Å². The van der Waals surface area contributed by atoms with Gasteiger partial charge in [0.1, 0.15) is 5.75 Å². The Labute approximate surface area is 120 Å². The summed E-state index contributed by atoms with van der Waals surface area (Å²) >= 11 is 0. The molecule has 0 heterocycles. The first-order chi connectivity index (χ1) is 9.79. The normalized spacial score (nSPS) is 12.1. The van der Waals surface area contributed by atoms with Crippen molar-refractivity contribution in [2.75, 3.05) is 20.2 Å². The highest BCUT2D eigenvalue weighted by molar-refractivity contribution is 5.29. The second-order valence-corrected chi connectivity index (χ2v) is 4.73. The van der Waals surface area contributed by atoms with Gasteiger partial charge in [-0.2, -0.15) is 0 Å². The number of nitrogens with one attached hydrogen (secondary N) is 1. The molecule has 0 bridgehead atoms. The molecule has 0 fully saturated rings. The molecule has 106 valence electrons. The summed E-state index contributed by atoms with van der Waals surface area (Å²) in [5.41, 5.74) is 2.17. The first-order valence-corrected chi connectivity index (χ1v) is 6.86. The molecule has 2 aromatic carbocycles. The molecule has 0 aromatic heterocycles. The summed E-state index contributed by atoms with van der Waals surface area (Å²) in [7, 11) is 1.63. The molecule has 2 rings (SSSR count). The van der Waals surface area contributed by atoms with E-state index >= 15 is 0 Å². The number of benzene rings is 2. The van der Waals surface area contributed by atoms with Crippen LogP contribution in [-0.4, -0.2) is 25.3 Å². The van der Waals surface area contributed by atoms with Gasteiger partial charge in [-0.05, 0) is 36.2 Å². The summed E-state index contributed by atoms with van der Waals surface area (Å²) in [5.74, 6) is 0.769. The number of methoxy groups -OCH3 is 1. The van der Waals surface area contributed by atoms with Crippen molar-refractivity contribution in [2.45, 2.75) is 12.5 Å². The fourth-order valence-corrected chi connectivity index (χ4v) is 2.08. The van der Waals surface area contributed by atoms with Gasteiger partial charge in [0.05, 0.1) is 13.2 Å². The van der Waals surface area contributed by atoms with Crippen LogP contribution in [0.2, 0.25) is 0 Å². The summed E-state index contributed by atoms with van der Waals surface area (Å²) in [6.45, 7) is 1.39. The maximum absolute atomic E-state index is 10.1. The number of rotatable bonds is 7. The number of hydrogen-bond donors (Lipinski definition) is 2. The Morgan fingerprint density at radius 3 is 2.65 bits per heavy atom. The van der Waals surface area contributed by atoms with Crippen molar-refractivity contribution in [3.63, 3.8) is 0 Å². The Morgan fingerprint density at radius 2 is 1.90 bits per heavy atom. The lowest BCUT2D eigenvalue weighted by molar-refractivity contribution is 0.174. The molecule has 3 nitrogen and oxygen atoms in total. The Bertz CT molecular complexity index is 513. The predicted octanol–water partition coefficient (Wildman–Crippen LogP) is 2.56. The molecule has 1 unspecified atom stereocenters. The zero-order chi connectivity index (χ0) is 14.2. The molecule has 2 N–H and O–H groups in total. The minimum absolute atomic E-state index is 0.513. The third kappa shape index (κ3) is 4.37. The van der Waals surface area contributed by atoms with Gasteiger partial charge in [0.2, 0.25) is 0 Å². The second kappa shape index (κ2) is 7.68. The van der Waals surface area contributed by atoms with Crippen LogP contribution < -0.4 is 10.1 Å². The summed E-state index contributed by atoms with van der Waals surface area (Å²) in [5, 5.41) is 13.4. The van der Waals surface area contributed by atoms with Gasteiger partial charge < -0.3 is 15.2 Å². The van der Waals surface area contributed by atoms with Crippen molar-refractivity contribution in [1.82, 2.24) is 5.32 Å². The van der Waals surface area contributed by atoms with Crippen LogP contribution in [0.25, 0.3) is 0 Å². The SMILES string of the molecule is COc1cccc(C(O)CNCCc2ccccc2)c1. The van der Waals surface area contributed by atoms with E-state index < -0.39 is 6.10 Å². The summed E-state index contributed by atoms with van der Waals surface area (Å²) in [4.78, 5) is 0. The van der Waals surface area contributed by atoms with E-state index in [2.05, 4.69) is 17.4 Å². The van der Waals surface area contributed by atoms with Crippen LogP contribution in [0, 0.1) is 0 Å². The lowest BCUT2D eigenvalue weighted by atomic mass is 10.1. The van der Waals surface area contributed by atoms with Crippen molar-refractivity contribution >= 4 is 0 Å². The minimum Gasteiger partial charge on any atom is -0.497 e. The van der Waals surface area contributed by atoms with Gasteiger partial charge in [-0.15, -0.1) is 0 Å². The first-order valence-electron chi connectivity index (χ1n) is 6.86. The first kappa shape index (κ1) is 14.6. The maximum Gasteiger partial charge on any atom is 0.119 e. The van der Waals surface area contributed by atoms with Crippen molar-refractivity contribution in [3.05, 3.63) is 65.7 Å². The summed E-state index contributed by atoms with van der Waals surface area (Å²) in [6, 6.07) is 17.9. The quantitative estimate of drug-likeness (QED) is 0.760.